The summed E-state index contributed by atoms with van der Waals surface area (Å²) in [4.78, 5) is 22.0. The van der Waals surface area contributed by atoms with Crippen molar-refractivity contribution >= 4 is 34.7 Å². The monoisotopic (exact) mass is 343 g/mol. The van der Waals surface area contributed by atoms with Crippen LogP contribution in [0.25, 0.3) is 0 Å². The average molecular weight is 343 g/mol. The molecule has 0 aliphatic heterocycles. The number of alkyl carbamates (subject to hydrolysis) is 1. The van der Waals surface area contributed by atoms with Crippen molar-refractivity contribution in [1.29, 1.82) is 0 Å². The van der Waals surface area contributed by atoms with E-state index in [1.807, 2.05) is 0 Å². The third kappa shape index (κ3) is 8.75. The van der Waals surface area contributed by atoms with Crippen LogP contribution in [0.2, 0.25) is 0 Å². The molecule has 5 nitrogen and oxygen atoms in total. The van der Waals surface area contributed by atoms with Gasteiger partial charge < -0.3 is 14.8 Å². The number of halogens is 1. The first-order valence-corrected chi connectivity index (χ1v) is 6.46. The van der Waals surface area contributed by atoms with Gasteiger partial charge >= 0.3 is 12.1 Å². The van der Waals surface area contributed by atoms with Crippen molar-refractivity contribution in [3.8, 4) is 0 Å². The van der Waals surface area contributed by atoms with Gasteiger partial charge in [-0.05, 0) is 20.8 Å². The molecule has 0 aromatic heterocycles. The molecule has 0 saturated carbocycles. The van der Waals surface area contributed by atoms with Gasteiger partial charge in [0.1, 0.15) is 12.2 Å². The summed E-state index contributed by atoms with van der Waals surface area (Å²) in [6.45, 7) is 6.86. The first-order chi connectivity index (χ1) is 7.24. The molecular weight excluding hydrogens is 325 g/mol. The normalized spacial score (nSPS) is 12.8. The highest BCUT2D eigenvalue weighted by Crippen LogP contribution is 2.07. The number of carbonyl (C=O) groups excluding carboxylic acids is 2. The molecule has 0 aliphatic carbocycles. The highest BCUT2D eigenvalue weighted by molar-refractivity contribution is 14.1. The third-order valence-electron chi connectivity index (χ3n) is 1.39. The van der Waals surface area contributed by atoms with Gasteiger partial charge in [0.15, 0.2) is 0 Å². The summed E-state index contributed by atoms with van der Waals surface area (Å²) in [5.74, 6) is -0.360. The molecule has 0 bridgehead atoms. The van der Waals surface area contributed by atoms with Gasteiger partial charge in [-0.2, -0.15) is 0 Å². The van der Waals surface area contributed by atoms with E-state index in [0.717, 1.165) is 0 Å². The molecular formula is C10H18INO4. The van der Waals surface area contributed by atoms with Crippen molar-refractivity contribution in [1.82, 2.24) is 5.32 Å². The van der Waals surface area contributed by atoms with Gasteiger partial charge in [0.25, 0.3) is 0 Å². The number of hydrogen-bond donors (Lipinski definition) is 1. The van der Waals surface area contributed by atoms with E-state index in [9.17, 15) is 9.59 Å². The van der Waals surface area contributed by atoms with Crippen molar-refractivity contribution in [2.75, 3.05) is 11.0 Å². The van der Waals surface area contributed by atoms with Crippen LogP contribution in [0, 0.1) is 0 Å². The van der Waals surface area contributed by atoms with Crippen molar-refractivity contribution < 1.29 is 19.1 Å². The molecule has 0 radical (unpaired) electrons. The molecule has 1 amide bonds. The fourth-order valence-electron chi connectivity index (χ4n) is 0.817. The molecule has 0 fully saturated rings. The predicted octanol–water partition coefficient (Wildman–Crippen LogP) is 1.88. The van der Waals surface area contributed by atoms with Gasteiger partial charge in [-0.3, -0.25) is 4.79 Å². The second-order valence-corrected chi connectivity index (χ2v) is 5.18. The summed E-state index contributed by atoms with van der Waals surface area (Å²) < 4.78 is 10.5. The first-order valence-electron chi connectivity index (χ1n) is 4.93. The first kappa shape index (κ1) is 15.5. The van der Waals surface area contributed by atoms with Crippen LogP contribution in [0.1, 0.15) is 27.7 Å². The maximum absolute atomic E-state index is 11.4. The van der Waals surface area contributed by atoms with Gasteiger partial charge in [-0.15, -0.1) is 0 Å². The van der Waals surface area contributed by atoms with E-state index < -0.39 is 11.7 Å². The highest BCUT2D eigenvalue weighted by Gasteiger charge is 2.19. The van der Waals surface area contributed by atoms with Gasteiger partial charge in [-0.25, -0.2) is 4.79 Å². The zero-order valence-corrected chi connectivity index (χ0v) is 12.2. The zero-order chi connectivity index (χ0) is 12.8. The van der Waals surface area contributed by atoms with Crippen LogP contribution < -0.4 is 5.32 Å². The molecule has 1 N–H and O–H groups in total. The van der Waals surface area contributed by atoms with Crippen LogP contribution in [-0.2, 0) is 14.3 Å². The SMILES string of the molecule is CC(=O)OC[C@@H](CI)NC(=O)OC(C)(C)C. The minimum absolute atomic E-state index is 0.164. The molecule has 0 heterocycles. The van der Waals surface area contributed by atoms with Crippen LogP contribution in [0.15, 0.2) is 0 Å². The maximum atomic E-state index is 11.4. The number of rotatable bonds is 4. The number of nitrogens with one attached hydrogen (secondary N) is 1. The lowest BCUT2D eigenvalue weighted by Crippen LogP contribution is -2.42. The van der Waals surface area contributed by atoms with Crippen molar-refractivity contribution in [2.45, 2.75) is 39.3 Å². The fourth-order valence-corrected chi connectivity index (χ4v) is 1.29. The van der Waals surface area contributed by atoms with Crippen LogP contribution in [0.4, 0.5) is 4.79 Å². The molecule has 0 aromatic carbocycles. The fraction of sp³-hybridized carbons (Fsp3) is 0.800. The second-order valence-electron chi connectivity index (χ2n) is 4.30. The second kappa shape index (κ2) is 6.93. The lowest BCUT2D eigenvalue weighted by atomic mass is 10.2. The number of alkyl halides is 1. The van der Waals surface area contributed by atoms with E-state index in [1.54, 1.807) is 20.8 Å². The largest absolute Gasteiger partial charge is 0.464 e. The lowest BCUT2D eigenvalue weighted by Gasteiger charge is -2.22. The Morgan fingerprint density at radius 3 is 2.31 bits per heavy atom. The van der Waals surface area contributed by atoms with E-state index in [0.29, 0.717) is 4.43 Å². The molecule has 0 aliphatic rings. The summed E-state index contributed by atoms with van der Waals surface area (Å²) in [6.07, 6.45) is -0.499. The quantitative estimate of drug-likeness (QED) is 0.481. The average Bonchev–Trinajstić information content (AvgIpc) is 2.08. The zero-order valence-electron chi connectivity index (χ0n) is 10.0. The molecule has 0 spiro atoms. The Kier molecular flexibility index (Phi) is 6.70. The molecule has 0 aromatic rings. The summed E-state index contributed by atoms with van der Waals surface area (Å²) in [7, 11) is 0. The predicted molar refractivity (Wildman–Crippen MR) is 68.7 cm³/mol. The van der Waals surface area contributed by atoms with Crippen molar-refractivity contribution in [3.63, 3.8) is 0 Å². The Hall–Kier alpha value is -0.530. The number of ether oxygens (including phenoxy) is 2. The Labute approximate surface area is 109 Å². The van der Waals surface area contributed by atoms with E-state index >= 15 is 0 Å². The molecule has 0 saturated heterocycles. The minimum atomic E-state index is -0.526. The number of esters is 1. The Balaban J connectivity index is 4.02. The highest BCUT2D eigenvalue weighted by atomic mass is 127. The Morgan fingerprint density at radius 1 is 1.38 bits per heavy atom. The molecule has 0 rings (SSSR count). The van der Waals surface area contributed by atoms with E-state index in [-0.39, 0.29) is 18.6 Å². The number of hydrogen-bond acceptors (Lipinski definition) is 4. The minimum Gasteiger partial charge on any atom is -0.464 e. The number of amides is 1. The maximum Gasteiger partial charge on any atom is 0.408 e. The summed E-state index contributed by atoms with van der Waals surface area (Å²) in [6, 6.07) is -0.223. The molecule has 16 heavy (non-hydrogen) atoms. The standard InChI is InChI=1S/C10H18INO4/c1-7(13)15-6-8(5-11)12-9(14)16-10(2,3)4/h8H,5-6H2,1-4H3,(H,12,14)/t8-/m1/s1. The van der Waals surface area contributed by atoms with E-state index in [2.05, 4.69) is 27.9 Å². The van der Waals surface area contributed by atoms with E-state index in [4.69, 9.17) is 9.47 Å². The number of carbonyl (C=O) groups is 2. The van der Waals surface area contributed by atoms with Gasteiger partial charge in [0.05, 0.1) is 6.04 Å². The molecule has 1 atom stereocenters. The van der Waals surface area contributed by atoms with Gasteiger partial charge in [0.2, 0.25) is 0 Å². The molecule has 0 unspecified atom stereocenters. The van der Waals surface area contributed by atoms with Crippen LogP contribution in [0.3, 0.4) is 0 Å². The van der Waals surface area contributed by atoms with Crippen LogP contribution >= 0.6 is 22.6 Å². The van der Waals surface area contributed by atoms with Crippen LogP contribution in [0.5, 0.6) is 0 Å². The topological polar surface area (TPSA) is 64.6 Å². The van der Waals surface area contributed by atoms with Crippen molar-refractivity contribution in [2.24, 2.45) is 0 Å². The lowest BCUT2D eigenvalue weighted by molar-refractivity contribution is -0.141. The molecule has 6 heteroatoms. The summed E-state index contributed by atoms with van der Waals surface area (Å²) >= 11 is 2.11. The summed E-state index contributed by atoms with van der Waals surface area (Å²) in [5.41, 5.74) is -0.526. The smallest absolute Gasteiger partial charge is 0.408 e. The van der Waals surface area contributed by atoms with Gasteiger partial charge in [0, 0.05) is 11.4 Å². The van der Waals surface area contributed by atoms with Gasteiger partial charge in [-0.1, -0.05) is 22.6 Å². The van der Waals surface area contributed by atoms with E-state index in [1.165, 1.54) is 6.92 Å². The Morgan fingerprint density at radius 2 is 1.94 bits per heavy atom. The Bertz CT molecular complexity index is 250. The van der Waals surface area contributed by atoms with Crippen molar-refractivity contribution in [3.05, 3.63) is 0 Å². The van der Waals surface area contributed by atoms with Crippen LogP contribution in [-0.4, -0.2) is 34.7 Å². The molecule has 94 valence electrons. The third-order valence-corrected chi connectivity index (χ3v) is 2.46. The summed E-state index contributed by atoms with van der Waals surface area (Å²) in [5, 5.41) is 2.63.